The van der Waals surface area contributed by atoms with E-state index in [9.17, 15) is 4.79 Å². The van der Waals surface area contributed by atoms with E-state index in [-0.39, 0.29) is 23.9 Å². The summed E-state index contributed by atoms with van der Waals surface area (Å²) in [4.78, 5) is 12.3. The molecule has 1 rings (SSSR count). The Morgan fingerprint density at radius 3 is 2.00 bits per heavy atom. The summed E-state index contributed by atoms with van der Waals surface area (Å²) in [6, 6.07) is 5.89. The molecule has 4 heteroatoms. The normalized spacial score (nSPS) is 10.8. The SMILES string of the molecule is CCC(CC)(CN)NC(=O)c1cc(C)cc(C)c1.Cl. The molecule has 19 heavy (non-hydrogen) atoms. The minimum absolute atomic E-state index is 0. The number of carbonyl (C=O) groups is 1. The summed E-state index contributed by atoms with van der Waals surface area (Å²) >= 11 is 0. The van der Waals surface area contributed by atoms with Gasteiger partial charge in [-0.3, -0.25) is 4.79 Å². The number of carbonyl (C=O) groups excluding carboxylic acids is 1. The fraction of sp³-hybridized carbons (Fsp3) is 0.533. The van der Waals surface area contributed by atoms with Crippen LogP contribution in [0.15, 0.2) is 18.2 Å². The maximum atomic E-state index is 12.3. The molecule has 0 aliphatic carbocycles. The average Bonchev–Trinajstić information content (AvgIpc) is 2.35. The Hall–Kier alpha value is -1.06. The van der Waals surface area contributed by atoms with Gasteiger partial charge in [0, 0.05) is 12.1 Å². The summed E-state index contributed by atoms with van der Waals surface area (Å²) in [5.41, 5.74) is 8.44. The molecule has 0 radical (unpaired) electrons. The maximum absolute atomic E-state index is 12.3. The van der Waals surface area contributed by atoms with E-state index in [0.717, 1.165) is 24.0 Å². The van der Waals surface area contributed by atoms with E-state index in [0.29, 0.717) is 12.1 Å². The molecule has 0 saturated heterocycles. The number of nitrogens with one attached hydrogen (secondary N) is 1. The summed E-state index contributed by atoms with van der Waals surface area (Å²) in [5.74, 6) is -0.0315. The second-order valence-electron chi connectivity index (χ2n) is 5.02. The van der Waals surface area contributed by atoms with Crippen LogP contribution < -0.4 is 11.1 Å². The van der Waals surface area contributed by atoms with Crippen LogP contribution in [0.1, 0.15) is 48.2 Å². The predicted molar refractivity (Wildman–Crippen MR) is 83.0 cm³/mol. The Balaban J connectivity index is 0.00000324. The molecule has 0 aliphatic heterocycles. The molecule has 3 N–H and O–H groups in total. The van der Waals surface area contributed by atoms with Crippen molar-refractivity contribution in [1.82, 2.24) is 5.32 Å². The number of benzene rings is 1. The molecule has 1 aromatic carbocycles. The van der Waals surface area contributed by atoms with Crippen LogP contribution in [-0.4, -0.2) is 18.0 Å². The molecule has 0 saturated carbocycles. The Labute approximate surface area is 122 Å². The van der Waals surface area contributed by atoms with E-state index in [1.807, 2.05) is 26.0 Å². The van der Waals surface area contributed by atoms with E-state index in [1.54, 1.807) is 0 Å². The number of hydrogen-bond donors (Lipinski definition) is 2. The molecular weight excluding hydrogens is 260 g/mol. The molecule has 0 fully saturated rings. The Morgan fingerprint density at radius 2 is 1.63 bits per heavy atom. The smallest absolute Gasteiger partial charge is 0.251 e. The van der Waals surface area contributed by atoms with Crippen molar-refractivity contribution in [3.05, 3.63) is 34.9 Å². The van der Waals surface area contributed by atoms with E-state index in [2.05, 4.69) is 25.2 Å². The lowest BCUT2D eigenvalue weighted by Gasteiger charge is -2.31. The zero-order valence-electron chi connectivity index (χ0n) is 12.2. The first-order chi connectivity index (χ1) is 8.46. The molecule has 0 aliphatic rings. The number of amides is 1. The summed E-state index contributed by atoms with van der Waals surface area (Å²) < 4.78 is 0. The van der Waals surface area contributed by atoms with Crippen molar-refractivity contribution in [2.24, 2.45) is 5.73 Å². The van der Waals surface area contributed by atoms with Gasteiger partial charge < -0.3 is 11.1 Å². The third-order valence-electron chi connectivity index (χ3n) is 3.61. The van der Waals surface area contributed by atoms with Crippen LogP contribution >= 0.6 is 12.4 Å². The van der Waals surface area contributed by atoms with Crippen LogP contribution in [0.2, 0.25) is 0 Å². The van der Waals surface area contributed by atoms with Gasteiger partial charge in [0.1, 0.15) is 0 Å². The molecule has 1 amide bonds. The van der Waals surface area contributed by atoms with Crippen molar-refractivity contribution >= 4 is 18.3 Å². The molecular formula is C15H25ClN2O. The van der Waals surface area contributed by atoms with E-state index in [4.69, 9.17) is 5.73 Å². The highest BCUT2D eigenvalue weighted by Crippen LogP contribution is 2.15. The van der Waals surface area contributed by atoms with Crippen LogP contribution in [-0.2, 0) is 0 Å². The van der Waals surface area contributed by atoms with E-state index >= 15 is 0 Å². The monoisotopic (exact) mass is 284 g/mol. The van der Waals surface area contributed by atoms with Crippen molar-refractivity contribution in [3.63, 3.8) is 0 Å². The molecule has 108 valence electrons. The second-order valence-corrected chi connectivity index (χ2v) is 5.02. The zero-order chi connectivity index (χ0) is 13.8. The number of rotatable bonds is 5. The fourth-order valence-electron chi connectivity index (χ4n) is 2.19. The lowest BCUT2D eigenvalue weighted by atomic mass is 9.92. The first-order valence-electron chi connectivity index (χ1n) is 6.57. The third-order valence-corrected chi connectivity index (χ3v) is 3.61. The summed E-state index contributed by atoms with van der Waals surface area (Å²) in [6.45, 7) is 8.58. The highest BCUT2D eigenvalue weighted by atomic mass is 35.5. The third kappa shape index (κ3) is 4.51. The Kier molecular flexibility index (Phi) is 7.09. The minimum Gasteiger partial charge on any atom is -0.345 e. The van der Waals surface area contributed by atoms with Gasteiger partial charge >= 0.3 is 0 Å². The van der Waals surface area contributed by atoms with Crippen LogP contribution in [0.25, 0.3) is 0 Å². The standard InChI is InChI=1S/C15H24N2O.ClH/c1-5-15(6-2,10-16)17-14(18)13-8-11(3)7-12(4)9-13;/h7-9H,5-6,10,16H2,1-4H3,(H,17,18);1H. The highest BCUT2D eigenvalue weighted by Gasteiger charge is 2.26. The average molecular weight is 285 g/mol. The molecule has 0 atom stereocenters. The number of aryl methyl sites for hydroxylation is 2. The van der Waals surface area contributed by atoms with Crippen molar-refractivity contribution in [1.29, 1.82) is 0 Å². The quantitative estimate of drug-likeness (QED) is 0.873. The maximum Gasteiger partial charge on any atom is 0.251 e. The molecule has 3 nitrogen and oxygen atoms in total. The molecule has 0 spiro atoms. The Bertz CT molecular complexity index is 400. The van der Waals surface area contributed by atoms with E-state index in [1.165, 1.54) is 0 Å². The number of hydrogen-bond acceptors (Lipinski definition) is 2. The lowest BCUT2D eigenvalue weighted by molar-refractivity contribution is 0.0895. The van der Waals surface area contributed by atoms with Gasteiger partial charge in [-0.1, -0.05) is 31.0 Å². The predicted octanol–water partition coefficient (Wildman–Crippen LogP) is 2.97. The topological polar surface area (TPSA) is 55.1 Å². The second kappa shape index (κ2) is 7.51. The van der Waals surface area contributed by atoms with Gasteiger partial charge in [-0.2, -0.15) is 0 Å². The number of nitrogens with two attached hydrogens (primary N) is 1. The zero-order valence-corrected chi connectivity index (χ0v) is 13.1. The minimum atomic E-state index is -0.283. The summed E-state index contributed by atoms with van der Waals surface area (Å²) in [6.07, 6.45) is 1.69. The molecule has 0 aromatic heterocycles. The van der Waals surface area contributed by atoms with Gasteiger partial charge in [-0.25, -0.2) is 0 Å². The molecule has 0 unspecified atom stereocenters. The van der Waals surface area contributed by atoms with Gasteiger partial charge in [0.2, 0.25) is 0 Å². The van der Waals surface area contributed by atoms with Crippen molar-refractivity contribution in [2.45, 2.75) is 46.1 Å². The largest absolute Gasteiger partial charge is 0.345 e. The first-order valence-corrected chi connectivity index (χ1v) is 6.57. The van der Waals surface area contributed by atoms with Crippen molar-refractivity contribution in [2.75, 3.05) is 6.54 Å². The van der Waals surface area contributed by atoms with Crippen LogP contribution in [0.3, 0.4) is 0 Å². The lowest BCUT2D eigenvalue weighted by Crippen LogP contribution is -2.52. The van der Waals surface area contributed by atoms with Gasteiger partial charge in [-0.15, -0.1) is 12.4 Å². The first kappa shape index (κ1) is 17.9. The van der Waals surface area contributed by atoms with Gasteiger partial charge in [0.05, 0.1) is 5.54 Å². The van der Waals surface area contributed by atoms with Gasteiger partial charge in [0.15, 0.2) is 0 Å². The van der Waals surface area contributed by atoms with Gasteiger partial charge in [0.25, 0.3) is 5.91 Å². The molecule has 0 bridgehead atoms. The van der Waals surface area contributed by atoms with Crippen molar-refractivity contribution in [3.8, 4) is 0 Å². The highest BCUT2D eigenvalue weighted by molar-refractivity contribution is 5.95. The van der Waals surface area contributed by atoms with Crippen LogP contribution in [0.5, 0.6) is 0 Å². The molecule has 0 heterocycles. The summed E-state index contributed by atoms with van der Waals surface area (Å²) in [7, 11) is 0. The van der Waals surface area contributed by atoms with Crippen LogP contribution in [0, 0.1) is 13.8 Å². The van der Waals surface area contributed by atoms with E-state index < -0.39 is 0 Å². The Morgan fingerprint density at radius 1 is 1.16 bits per heavy atom. The fourth-order valence-corrected chi connectivity index (χ4v) is 2.19. The number of halogens is 1. The van der Waals surface area contributed by atoms with Crippen molar-refractivity contribution < 1.29 is 4.79 Å². The molecule has 1 aromatic rings. The van der Waals surface area contributed by atoms with Gasteiger partial charge in [-0.05, 0) is 38.8 Å². The summed E-state index contributed by atoms with van der Waals surface area (Å²) in [5, 5.41) is 3.09. The van der Waals surface area contributed by atoms with Crippen LogP contribution in [0.4, 0.5) is 0 Å².